The number of hydrogen-bond donors (Lipinski definition) is 1. The molecule has 1 atom stereocenters. The molecule has 0 spiro atoms. The van der Waals surface area contributed by atoms with Gasteiger partial charge in [-0.1, -0.05) is 18.2 Å². The molecule has 142 valence electrons. The lowest BCUT2D eigenvalue weighted by Crippen LogP contribution is -2.06. The largest absolute Gasteiger partial charge is 0.503 e. The number of nitrogens with zero attached hydrogens (tertiary/aromatic N) is 2. The molecule has 0 aliphatic rings. The van der Waals surface area contributed by atoms with Crippen molar-refractivity contribution in [3.8, 4) is 16.9 Å². The van der Waals surface area contributed by atoms with Gasteiger partial charge in [0.2, 0.25) is 0 Å². The van der Waals surface area contributed by atoms with E-state index in [0.29, 0.717) is 15.6 Å². The first-order valence-electron chi connectivity index (χ1n) is 7.97. The molecule has 0 aliphatic carbocycles. The fourth-order valence-corrected chi connectivity index (χ4v) is 5.04. The lowest BCUT2D eigenvalue weighted by Gasteiger charge is -2.11. The quantitative estimate of drug-likeness (QED) is 0.315. The van der Waals surface area contributed by atoms with Gasteiger partial charge in [-0.25, -0.2) is 0 Å². The minimum absolute atomic E-state index is 0.100. The Morgan fingerprint density at radius 3 is 2.14 bits per heavy atom. The topological polar surface area (TPSA) is 107 Å². The van der Waals surface area contributed by atoms with Crippen molar-refractivity contribution in [2.45, 2.75) is 9.79 Å². The lowest BCUT2D eigenvalue weighted by molar-refractivity contribution is -0.387. The zero-order valence-electron chi connectivity index (χ0n) is 14.5. The average molecular weight is 462 g/mol. The molecule has 0 bridgehead atoms. The van der Waals surface area contributed by atoms with Crippen molar-refractivity contribution in [3.05, 3.63) is 85.4 Å². The van der Waals surface area contributed by atoms with Crippen LogP contribution in [0.1, 0.15) is 0 Å². The van der Waals surface area contributed by atoms with E-state index in [1.54, 1.807) is 0 Å². The molecule has 9 heteroatoms. The maximum absolute atomic E-state index is 11.6. The summed E-state index contributed by atoms with van der Waals surface area (Å²) in [7, 11) is -0.758. The monoisotopic (exact) mass is 461 g/mol. The summed E-state index contributed by atoms with van der Waals surface area (Å²) in [6.45, 7) is 0. The third-order valence-electron chi connectivity index (χ3n) is 4.16. The van der Waals surface area contributed by atoms with Gasteiger partial charge in [0.25, 0.3) is 10.6 Å². The molecule has 1 unspecified atom stereocenters. The summed E-state index contributed by atoms with van der Waals surface area (Å²) in [5, 5.41) is 33.5. The van der Waals surface area contributed by atoms with Crippen molar-refractivity contribution in [1.82, 2.24) is 0 Å². The molecule has 0 saturated carbocycles. The Balaban J connectivity index is 2.21. The Kier molecular flexibility index (Phi) is 5.66. The van der Waals surface area contributed by atoms with Gasteiger partial charge in [0, 0.05) is 33.8 Å². The second-order valence-electron chi connectivity index (χ2n) is 5.81. The van der Waals surface area contributed by atoms with E-state index in [1.807, 2.05) is 36.6 Å². The van der Waals surface area contributed by atoms with Crippen LogP contribution in [0.3, 0.4) is 0 Å². The molecule has 7 nitrogen and oxygen atoms in total. The predicted octanol–water partition coefficient (Wildman–Crippen LogP) is 5.30. The van der Waals surface area contributed by atoms with Crippen molar-refractivity contribution in [2.24, 2.45) is 0 Å². The summed E-state index contributed by atoms with van der Waals surface area (Å²) in [6.07, 6.45) is 1.81. The minimum atomic E-state index is -0.758. The number of nitro groups is 2. The van der Waals surface area contributed by atoms with Crippen LogP contribution in [0.15, 0.2) is 74.9 Å². The highest BCUT2D eigenvalue weighted by Gasteiger charge is 2.35. The fraction of sp³-hybridized carbons (Fsp3) is 0.0526. The third-order valence-corrected chi connectivity index (χ3v) is 6.81. The summed E-state index contributed by atoms with van der Waals surface area (Å²) in [4.78, 5) is 22.5. The van der Waals surface area contributed by atoms with E-state index < -0.39 is 20.7 Å². The summed E-state index contributed by atoms with van der Waals surface area (Å²) in [5.41, 5.74) is 0.590. The van der Waals surface area contributed by atoms with Crippen molar-refractivity contribution in [1.29, 1.82) is 0 Å². The predicted molar refractivity (Wildman–Crippen MR) is 111 cm³/mol. The van der Waals surface area contributed by atoms with Gasteiger partial charge in [0.05, 0.1) is 20.7 Å². The fourth-order valence-electron chi connectivity index (χ4n) is 2.80. The third kappa shape index (κ3) is 3.71. The maximum atomic E-state index is 11.6. The summed E-state index contributed by atoms with van der Waals surface area (Å²) < 4.78 is 0.410. The van der Waals surface area contributed by atoms with Gasteiger partial charge in [-0.05, 0) is 40.2 Å². The van der Waals surface area contributed by atoms with Gasteiger partial charge in [-0.15, -0.1) is 0 Å². The van der Waals surface area contributed by atoms with E-state index in [0.717, 1.165) is 4.90 Å². The smallest absolute Gasteiger partial charge is 0.328 e. The van der Waals surface area contributed by atoms with Crippen LogP contribution in [0.25, 0.3) is 11.1 Å². The Hall–Kier alpha value is -2.91. The van der Waals surface area contributed by atoms with Crippen LogP contribution in [-0.4, -0.2) is 21.2 Å². The molecular formula is C19H14BrN2O5S+. The van der Waals surface area contributed by atoms with E-state index in [4.69, 9.17) is 0 Å². The number of phenols is 1. The van der Waals surface area contributed by atoms with Crippen molar-refractivity contribution < 1.29 is 15.0 Å². The van der Waals surface area contributed by atoms with Crippen LogP contribution in [0.2, 0.25) is 0 Å². The van der Waals surface area contributed by atoms with Crippen molar-refractivity contribution >= 4 is 38.2 Å². The molecule has 0 saturated heterocycles. The van der Waals surface area contributed by atoms with Gasteiger partial charge in [0.15, 0.2) is 10.6 Å². The van der Waals surface area contributed by atoms with E-state index in [-0.39, 0.29) is 22.0 Å². The number of halogens is 1. The molecule has 1 N–H and O–H groups in total. The van der Waals surface area contributed by atoms with E-state index >= 15 is 0 Å². The zero-order chi connectivity index (χ0) is 20.4. The van der Waals surface area contributed by atoms with Gasteiger partial charge < -0.3 is 5.11 Å². The van der Waals surface area contributed by atoms with E-state index in [2.05, 4.69) is 15.9 Å². The van der Waals surface area contributed by atoms with Crippen molar-refractivity contribution in [3.63, 3.8) is 0 Å². The van der Waals surface area contributed by atoms with Crippen LogP contribution in [-0.2, 0) is 10.9 Å². The molecule has 0 radical (unpaired) electrons. The van der Waals surface area contributed by atoms with Gasteiger partial charge >= 0.3 is 5.69 Å². The van der Waals surface area contributed by atoms with Crippen LogP contribution >= 0.6 is 15.9 Å². The molecule has 3 aromatic carbocycles. The Labute approximate surface area is 171 Å². The number of nitro benzene ring substituents is 2. The van der Waals surface area contributed by atoms with Gasteiger partial charge in [0.1, 0.15) is 6.26 Å². The first kappa shape index (κ1) is 19.8. The number of non-ortho nitro benzene ring substituents is 1. The Morgan fingerprint density at radius 2 is 1.57 bits per heavy atom. The molecule has 0 amide bonds. The molecule has 3 rings (SSSR count). The summed E-state index contributed by atoms with van der Waals surface area (Å²) >= 11 is 3.29. The Morgan fingerprint density at radius 1 is 0.929 bits per heavy atom. The number of benzene rings is 3. The van der Waals surface area contributed by atoms with Crippen LogP contribution in [0.5, 0.6) is 5.75 Å². The SMILES string of the molecule is C[S+](c1ccccc1)c1c([N+](=O)[O-])ccc(-c2ccc([N+](=O)[O-])cc2Br)c1O. The average Bonchev–Trinajstić information content (AvgIpc) is 2.68. The first-order chi connectivity index (χ1) is 13.3. The number of aromatic hydroxyl groups is 1. The van der Waals surface area contributed by atoms with E-state index in [1.165, 1.54) is 30.3 Å². The normalized spacial score (nSPS) is 11.8. The van der Waals surface area contributed by atoms with E-state index in [9.17, 15) is 25.3 Å². The number of rotatable bonds is 5. The Bertz CT molecular complexity index is 1080. The standard InChI is InChI=1S/C19H13BrN2O5S/c1-28(13-5-3-2-4-6-13)19-17(22(26)27)10-9-15(18(19)23)14-8-7-12(21(24)25)11-16(14)20/h2-11H,1H3/p+1. The van der Waals surface area contributed by atoms with Crippen LogP contribution in [0.4, 0.5) is 11.4 Å². The van der Waals surface area contributed by atoms with Crippen molar-refractivity contribution in [2.75, 3.05) is 6.26 Å². The number of hydrogen-bond acceptors (Lipinski definition) is 5. The maximum Gasteiger partial charge on any atom is 0.328 e. The minimum Gasteiger partial charge on any atom is -0.503 e. The van der Waals surface area contributed by atoms with Crippen LogP contribution in [0, 0.1) is 20.2 Å². The highest BCUT2D eigenvalue weighted by Crippen LogP contribution is 2.44. The first-order valence-corrected chi connectivity index (χ1v) is 10.4. The number of phenolic OH excluding ortho intramolecular Hbond substituents is 1. The highest BCUT2D eigenvalue weighted by molar-refractivity contribution is 9.10. The second kappa shape index (κ2) is 7.99. The molecule has 3 aromatic rings. The molecular weight excluding hydrogens is 448 g/mol. The van der Waals surface area contributed by atoms with Gasteiger partial charge in [-0.2, -0.15) is 0 Å². The van der Waals surface area contributed by atoms with Gasteiger partial charge in [-0.3, -0.25) is 20.2 Å². The molecule has 0 heterocycles. The lowest BCUT2D eigenvalue weighted by atomic mass is 10.0. The highest BCUT2D eigenvalue weighted by atomic mass is 79.9. The summed E-state index contributed by atoms with van der Waals surface area (Å²) in [6, 6.07) is 16.2. The zero-order valence-corrected chi connectivity index (χ0v) is 16.9. The molecule has 0 aromatic heterocycles. The van der Waals surface area contributed by atoms with Crippen LogP contribution < -0.4 is 0 Å². The molecule has 0 aliphatic heterocycles. The second-order valence-corrected chi connectivity index (χ2v) is 8.57. The summed E-state index contributed by atoms with van der Waals surface area (Å²) in [5.74, 6) is -0.210. The molecule has 0 fully saturated rings. The molecule has 28 heavy (non-hydrogen) atoms.